The summed E-state index contributed by atoms with van der Waals surface area (Å²) >= 11 is 0. The molecule has 2 heterocycles. The second-order valence-electron chi connectivity index (χ2n) is 7.61. The van der Waals surface area contributed by atoms with Crippen LogP contribution in [-0.4, -0.2) is 63.6 Å². The largest absolute Gasteiger partial charge is 0.497 e. The second kappa shape index (κ2) is 9.26. The van der Waals surface area contributed by atoms with Gasteiger partial charge in [-0.1, -0.05) is 0 Å². The zero-order chi connectivity index (χ0) is 20.9. The summed E-state index contributed by atoms with van der Waals surface area (Å²) in [6.07, 6.45) is 1.70. The summed E-state index contributed by atoms with van der Waals surface area (Å²) in [7, 11) is 3.28. The number of carbonyl (C=O) groups is 1. The van der Waals surface area contributed by atoms with Crippen molar-refractivity contribution in [1.29, 1.82) is 0 Å². The van der Waals surface area contributed by atoms with Crippen molar-refractivity contribution >= 4 is 11.8 Å². The number of ether oxygens (including phenoxy) is 4. The minimum absolute atomic E-state index is 0.126. The van der Waals surface area contributed by atoms with Crippen LogP contribution in [0.25, 0.3) is 0 Å². The third kappa shape index (κ3) is 4.79. The lowest BCUT2D eigenvalue weighted by atomic mass is 10.1. The van der Waals surface area contributed by atoms with Crippen molar-refractivity contribution in [1.82, 2.24) is 4.90 Å². The predicted molar refractivity (Wildman–Crippen MR) is 114 cm³/mol. The van der Waals surface area contributed by atoms with E-state index >= 15 is 0 Å². The van der Waals surface area contributed by atoms with Crippen LogP contribution in [0, 0.1) is 0 Å². The van der Waals surface area contributed by atoms with Gasteiger partial charge in [-0.25, -0.2) is 4.79 Å². The van der Waals surface area contributed by atoms with E-state index in [9.17, 15) is 4.79 Å². The van der Waals surface area contributed by atoms with E-state index in [0.717, 1.165) is 55.4 Å². The van der Waals surface area contributed by atoms with Gasteiger partial charge < -0.3 is 18.9 Å². The van der Waals surface area contributed by atoms with Gasteiger partial charge in [0.15, 0.2) is 0 Å². The normalized spacial score (nSPS) is 20.1. The highest BCUT2D eigenvalue weighted by molar-refractivity contribution is 5.89. The van der Waals surface area contributed by atoms with Gasteiger partial charge in [0, 0.05) is 25.3 Å². The number of amides is 1. The fourth-order valence-corrected chi connectivity index (χ4v) is 3.93. The molecule has 0 unspecified atom stereocenters. The SMILES string of the molecule is COc1ccc(OC2CCN(C[C@H]3CN(c4ccc(OC)cc4)C(=O)O3)CC2)cc1. The molecule has 0 bridgehead atoms. The fraction of sp³-hybridized carbons (Fsp3) is 0.435. The van der Waals surface area contributed by atoms with Crippen molar-refractivity contribution in [3.05, 3.63) is 48.5 Å². The molecule has 2 fully saturated rings. The number of likely N-dealkylation sites (tertiary alicyclic amines) is 1. The number of cyclic esters (lactones) is 1. The van der Waals surface area contributed by atoms with Crippen LogP contribution in [0.5, 0.6) is 17.2 Å². The van der Waals surface area contributed by atoms with Crippen molar-refractivity contribution in [2.75, 3.05) is 45.3 Å². The highest BCUT2D eigenvalue weighted by atomic mass is 16.6. The van der Waals surface area contributed by atoms with Gasteiger partial charge in [0.05, 0.1) is 20.8 Å². The van der Waals surface area contributed by atoms with Gasteiger partial charge in [0.25, 0.3) is 0 Å². The van der Waals surface area contributed by atoms with Crippen LogP contribution in [-0.2, 0) is 4.74 Å². The van der Waals surface area contributed by atoms with E-state index in [0.29, 0.717) is 6.54 Å². The molecule has 1 amide bonds. The average molecular weight is 412 g/mol. The van der Waals surface area contributed by atoms with E-state index in [4.69, 9.17) is 18.9 Å². The molecule has 0 radical (unpaired) electrons. The molecule has 0 aliphatic carbocycles. The molecule has 2 saturated heterocycles. The Morgan fingerprint density at radius 3 is 2.07 bits per heavy atom. The van der Waals surface area contributed by atoms with Crippen molar-refractivity contribution in [2.45, 2.75) is 25.0 Å². The first-order valence-electron chi connectivity index (χ1n) is 10.3. The molecule has 30 heavy (non-hydrogen) atoms. The first-order valence-corrected chi connectivity index (χ1v) is 10.3. The van der Waals surface area contributed by atoms with Gasteiger partial charge in [0.1, 0.15) is 29.5 Å². The molecule has 160 valence electrons. The van der Waals surface area contributed by atoms with Gasteiger partial charge >= 0.3 is 6.09 Å². The maximum absolute atomic E-state index is 12.3. The molecule has 2 aromatic rings. The van der Waals surface area contributed by atoms with Crippen molar-refractivity contribution in [3.8, 4) is 17.2 Å². The van der Waals surface area contributed by atoms with E-state index in [1.54, 1.807) is 19.1 Å². The van der Waals surface area contributed by atoms with Gasteiger partial charge in [-0.3, -0.25) is 9.80 Å². The van der Waals surface area contributed by atoms with Gasteiger partial charge in [-0.2, -0.15) is 0 Å². The van der Waals surface area contributed by atoms with Crippen LogP contribution in [0.15, 0.2) is 48.5 Å². The highest BCUT2D eigenvalue weighted by Gasteiger charge is 2.34. The van der Waals surface area contributed by atoms with Crippen LogP contribution in [0.3, 0.4) is 0 Å². The van der Waals surface area contributed by atoms with E-state index in [2.05, 4.69) is 4.90 Å². The quantitative estimate of drug-likeness (QED) is 0.693. The number of piperidine rings is 1. The fourth-order valence-electron chi connectivity index (χ4n) is 3.93. The van der Waals surface area contributed by atoms with Crippen LogP contribution in [0.1, 0.15) is 12.8 Å². The van der Waals surface area contributed by atoms with Crippen molar-refractivity contribution in [2.24, 2.45) is 0 Å². The first-order chi connectivity index (χ1) is 14.6. The Kier molecular flexibility index (Phi) is 6.28. The monoisotopic (exact) mass is 412 g/mol. The maximum Gasteiger partial charge on any atom is 0.414 e. The topological polar surface area (TPSA) is 60.5 Å². The highest BCUT2D eigenvalue weighted by Crippen LogP contribution is 2.26. The average Bonchev–Trinajstić information content (AvgIpc) is 3.15. The number of carbonyl (C=O) groups excluding carboxylic acids is 1. The molecule has 0 saturated carbocycles. The van der Waals surface area contributed by atoms with Gasteiger partial charge in [-0.15, -0.1) is 0 Å². The second-order valence-corrected chi connectivity index (χ2v) is 7.61. The van der Waals surface area contributed by atoms with E-state index in [1.807, 2.05) is 48.5 Å². The van der Waals surface area contributed by atoms with E-state index in [-0.39, 0.29) is 18.3 Å². The molecule has 0 spiro atoms. The predicted octanol–water partition coefficient (Wildman–Crippen LogP) is 3.57. The van der Waals surface area contributed by atoms with Gasteiger partial charge in [-0.05, 0) is 61.4 Å². The third-order valence-electron chi connectivity index (χ3n) is 5.62. The molecule has 2 aliphatic rings. The van der Waals surface area contributed by atoms with Crippen LogP contribution >= 0.6 is 0 Å². The Hall–Kier alpha value is -2.93. The maximum atomic E-state index is 12.3. The van der Waals surface area contributed by atoms with Crippen LogP contribution in [0.2, 0.25) is 0 Å². The molecule has 4 rings (SSSR count). The Balaban J connectivity index is 1.24. The number of hydrogen-bond acceptors (Lipinski definition) is 6. The standard InChI is InChI=1S/C23H28N2O5/c1-27-18-5-3-17(4-6-18)25-16-22(30-23(25)26)15-24-13-11-21(12-14-24)29-20-9-7-19(28-2)8-10-20/h3-10,21-22H,11-16H2,1-2H3/t22-/m0/s1. The summed E-state index contributed by atoms with van der Waals surface area (Å²) in [5, 5.41) is 0. The third-order valence-corrected chi connectivity index (χ3v) is 5.62. The molecule has 2 aliphatic heterocycles. The summed E-state index contributed by atoms with van der Waals surface area (Å²) in [5.74, 6) is 2.46. The molecule has 2 aromatic carbocycles. The zero-order valence-corrected chi connectivity index (χ0v) is 17.5. The number of hydrogen-bond donors (Lipinski definition) is 0. The Bertz CT molecular complexity index is 832. The zero-order valence-electron chi connectivity index (χ0n) is 17.5. The summed E-state index contributed by atoms with van der Waals surface area (Å²) in [6.45, 7) is 3.16. The summed E-state index contributed by atoms with van der Waals surface area (Å²) in [5.41, 5.74) is 0.829. The molecule has 7 nitrogen and oxygen atoms in total. The summed E-state index contributed by atoms with van der Waals surface area (Å²) < 4.78 is 22.1. The lowest BCUT2D eigenvalue weighted by Crippen LogP contribution is -2.42. The number of nitrogens with zero attached hydrogens (tertiary/aromatic N) is 2. The number of benzene rings is 2. The van der Waals surface area contributed by atoms with E-state index < -0.39 is 0 Å². The van der Waals surface area contributed by atoms with Gasteiger partial charge in [0.2, 0.25) is 0 Å². The first kappa shape index (κ1) is 20.3. The molecule has 7 heteroatoms. The minimum Gasteiger partial charge on any atom is -0.497 e. The number of methoxy groups -OCH3 is 2. The lowest BCUT2D eigenvalue weighted by Gasteiger charge is -2.33. The van der Waals surface area contributed by atoms with Crippen molar-refractivity contribution in [3.63, 3.8) is 0 Å². The number of rotatable bonds is 7. The Morgan fingerprint density at radius 2 is 1.47 bits per heavy atom. The van der Waals surface area contributed by atoms with Crippen LogP contribution in [0.4, 0.5) is 10.5 Å². The Labute approximate surface area is 177 Å². The smallest absolute Gasteiger partial charge is 0.414 e. The molecule has 0 N–H and O–H groups in total. The minimum atomic E-state index is -0.289. The van der Waals surface area contributed by atoms with Crippen molar-refractivity contribution < 1.29 is 23.7 Å². The Morgan fingerprint density at radius 1 is 0.900 bits per heavy atom. The van der Waals surface area contributed by atoms with E-state index in [1.165, 1.54) is 0 Å². The molecular formula is C23H28N2O5. The molecule has 0 aromatic heterocycles. The lowest BCUT2D eigenvalue weighted by molar-refractivity contribution is 0.0655. The summed E-state index contributed by atoms with van der Waals surface area (Å²) in [4.78, 5) is 16.3. The number of anilines is 1. The van der Waals surface area contributed by atoms with Crippen LogP contribution < -0.4 is 19.1 Å². The summed E-state index contributed by atoms with van der Waals surface area (Å²) in [6, 6.07) is 15.2. The molecule has 1 atom stereocenters. The molecular weight excluding hydrogens is 384 g/mol.